The van der Waals surface area contributed by atoms with Crippen molar-refractivity contribution >= 4 is 23.6 Å². The molecule has 1 aliphatic rings. The highest BCUT2D eigenvalue weighted by Gasteiger charge is 2.16. The predicted octanol–water partition coefficient (Wildman–Crippen LogP) is 0.846. The van der Waals surface area contributed by atoms with Crippen molar-refractivity contribution in [2.45, 2.75) is 39.2 Å². The van der Waals surface area contributed by atoms with Crippen LogP contribution in [0.3, 0.4) is 0 Å². The smallest absolute Gasteiger partial charge is 0.222 e. The third kappa shape index (κ3) is 6.61. The van der Waals surface area contributed by atoms with Gasteiger partial charge in [-0.25, -0.2) is 0 Å². The van der Waals surface area contributed by atoms with E-state index >= 15 is 0 Å². The van der Waals surface area contributed by atoms with Crippen LogP contribution in [-0.4, -0.2) is 60.4 Å². The van der Waals surface area contributed by atoms with Crippen molar-refractivity contribution in [2.24, 2.45) is 0 Å². The molecule has 1 atom stereocenters. The lowest BCUT2D eigenvalue weighted by Crippen LogP contribution is -2.41. The summed E-state index contributed by atoms with van der Waals surface area (Å²) in [6, 6.07) is 0.297. The van der Waals surface area contributed by atoms with Gasteiger partial charge in [-0.15, -0.1) is 0 Å². The minimum absolute atomic E-state index is 0.0836. The fourth-order valence-corrected chi connectivity index (χ4v) is 3.20. The van der Waals surface area contributed by atoms with Gasteiger partial charge < -0.3 is 15.5 Å². The number of hydrogen-bond acceptors (Lipinski definition) is 4. The molecule has 1 unspecified atom stereocenters. The van der Waals surface area contributed by atoms with Crippen LogP contribution >= 0.6 is 11.8 Å². The zero-order valence-corrected chi connectivity index (χ0v) is 13.4. The van der Waals surface area contributed by atoms with Gasteiger partial charge in [-0.2, -0.15) is 11.8 Å². The first kappa shape index (κ1) is 17.3. The molecule has 0 bridgehead atoms. The Morgan fingerprint density at radius 1 is 1.35 bits per heavy atom. The molecule has 1 fully saturated rings. The van der Waals surface area contributed by atoms with Crippen LogP contribution in [-0.2, 0) is 9.59 Å². The normalized spacial score (nSPS) is 18.6. The second kappa shape index (κ2) is 10.0. The summed E-state index contributed by atoms with van der Waals surface area (Å²) in [7, 11) is 0. The standard InChI is InChI=1S/C14H27N3O2S/c1-3-17(4-2)14(19)6-5-7-16-13(18)10-12-11-20-9-8-15-12/h12,15H,3-11H2,1-2H3,(H,16,18). The van der Waals surface area contributed by atoms with E-state index in [1.54, 1.807) is 0 Å². The van der Waals surface area contributed by atoms with Gasteiger partial charge in [0.25, 0.3) is 0 Å². The van der Waals surface area contributed by atoms with Crippen LogP contribution in [0.1, 0.15) is 33.1 Å². The van der Waals surface area contributed by atoms with Crippen LogP contribution in [0.25, 0.3) is 0 Å². The molecule has 1 aliphatic heterocycles. The van der Waals surface area contributed by atoms with Crippen molar-refractivity contribution in [2.75, 3.05) is 37.7 Å². The van der Waals surface area contributed by atoms with E-state index in [9.17, 15) is 9.59 Å². The van der Waals surface area contributed by atoms with Gasteiger partial charge in [0.15, 0.2) is 0 Å². The molecule has 0 aromatic carbocycles. The lowest BCUT2D eigenvalue weighted by atomic mass is 10.2. The molecule has 0 aromatic heterocycles. The van der Waals surface area contributed by atoms with Gasteiger partial charge in [0.05, 0.1) is 0 Å². The minimum atomic E-state index is 0.0836. The molecule has 2 amide bonds. The Bertz CT molecular complexity index is 303. The van der Waals surface area contributed by atoms with E-state index in [1.165, 1.54) is 0 Å². The first-order valence-electron chi connectivity index (χ1n) is 7.53. The molecular formula is C14H27N3O2S. The van der Waals surface area contributed by atoms with E-state index in [0.717, 1.165) is 31.1 Å². The monoisotopic (exact) mass is 301 g/mol. The summed E-state index contributed by atoms with van der Waals surface area (Å²) in [5.41, 5.74) is 0. The fraction of sp³-hybridized carbons (Fsp3) is 0.857. The Labute approximate surface area is 126 Å². The van der Waals surface area contributed by atoms with Gasteiger partial charge in [-0.1, -0.05) is 0 Å². The van der Waals surface area contributed by atoms with Gasteiger partial charge in [-0.05, 0) is 20.3 Å². The van der Waals surface area contributed by atoms with Crippen LogP contribution in [0.15, 0.2) is 0 Å². The lowest BCUT2D eigenvalue weighted by Gasteiger charge is -2.22. The number of nitrogens with one attached hydrogen (secondary N) is 2. The quantitative estimate of drug-likeness (QED) is 0.653. The number of rotatable bonds is 8. The molecule has 1 heterocycles. The van der Waals surface area contributed by atoms with Gasteiger partial charge in [0.1, 0.15) is 0 Å². The van der Waals surface area contributed by atoms with Crippen molar-refractivity contribution in [3.05, 3.63) is 0 Å². The lowest BCUT2D eigenvalue weighted by molar-refractivity contribution is -0.131. The SMILES string of the molecule is CCN(CC)C(=O)CCCNC(=O)CC1CSCCN1. The summed E-state index contributed by atoms with van der Waals surface area (Å²) < 4.78 is 0. The predicted molar refractivity (Wildman–Crippen MR) is 83.9 cm³/mol. The summed E-state index contributed by atoms with van der Waals surface area (Å²) in [5.74, 6) is 2.40. The van der Waals surface area contributed by atoms with Crippen molar-refractivity contribution in [3.63, 3.8) is 0 Å². The van der Waals surface area contributed by atoms with Gasteiger partial charge in [0.2, 0.25) is 11.8 Å². The van der Waals surface area contributed by atoms with Crippen molar-refractivity contribution < 1.29 is 9.59 Å². The summed E-state index contributed by atoms with van der Waals surface area (Å²) in [6.45, 7) is 7.06. The molecule has 0 saturated carbocycles. The van der Waals surface area contributed by atoms with Gasteiger partial charge >= 0.3 is 0 Å². The maximum atomic E-state index is 11.8. The van der Waals surface area contributed by atoms with Crippen molar-refractivity contribution in [1.29, 1.82) is 0 Å². The molecule has 1 rings (SSSR count). The van der Waals surface area contributed by atoms with Crippen molar-refractivity contribution in [1.82, 2.24) is 15.5 Å². The largest absolute Gasteiger partial charge is 0.356 e. The average molecular weight is 301 g/mol. The molecule has 20 heavy (non-hydrogen) atoms. The first-order chi connectivity index (χ1) is 9.67. The minimum Gasteiger partial charge on any atom is -0.356 e. The number of amides is 2. The van der Waals surface area contributed by atoms with Crippen LogP contribution in [0, 0.1) is 0 Å². The zero-order chi connectivity index (χ0) is 14.8. The highest BCUT2D eigenvalue weighted by molar-refractivity contribution is 7.99. The van der Waals surface area contributed by atoms with Crippen LogP contribution in [0.2, 0.25) is 0 Å². The fourth-order valence-electron chi connectivity index (χ4n) is 2.25. The maximum Gasteiger partial charge on any atom is 0.222 e. The second-order valence-corrected chi connectivity index (χ2v) is 6.10. The molecular weight excluding hydrogens is 274 g/mol. The van der Waals surface area contributed by atoms with Crippen LogP contribution in [0.5, 0.6) is 0 Å². The Morgan fingerprint density at radius 2 is 2.10 bits per heavy atom. The summed E-state index contributed by atoms with van der Waals surface area (Å²) in [6.07, 6.45) is 1.77. The zero-order valence-electron chi connectivity index (χ0n) is 12.6. The molecule has 0 spiro atoms. The maximum absolute atomic E-state index is 11.8. The third-order valence-electron chi connectivity index (χ3n) is 3.44. The van der Waals surface area contributed by atoms with E-state index in [0.29, 0.717) is 31.8 Å². The number of carbonyl (C=O) groups is 2. The van der Waals surface area contributed by atoms with E-state index in [-0.39, 0.29) is 11.8 Å². The molecule has 6 heteroatoms. The molecule has 0 aromatic rings. The Kier molecular flexibility index (Phi) is 8.69. The molecule has 2 N–H and O–H groups in total. The van der Waals surface area contributed by atoms with Crippen LogP contribution < -0.4 is 10.6 Å². The molecule has 116 valence electrons. The molecule has 0 aliphatic carbocycles. The van der Waals surface area contributed by atoms with E-state index in [1.807, 2.05) is 30.5 Å². The molecule has 1 saturated heterocycles. The number of nitrogens with zero attached hydrogens (tertiary/aromatic N) is 1. The topological polar surface area (TPSA) is 61.4 Å². The summed E-state index contributed by atoms with van der Waals surface area (Å²) >= 11 is 1.89. The van der Waals surface area contributed by atoms with E-state index in [4.69, 9.17) is 0 Å². The van der Waals surface area contributed by atoms with Gasteiger partial charge in [-0.3, -0.25) is 9.59 Å². The molecule has 0 radical (unpaired) electrons. The molecule has 5 nitrogen and oxygen atoms in total. The Hall–Kier alpha value is -0.750. The Morgan fingerprint density at radius 3 is 2.70 bits per heavy atom. The highest BCUT2D eigenvalue weighted by atomic mass is 32.2. The number of carbonyl (C=O) groups excluding carboxylic acids is 2. The summed E-state index contributed by atoms with van der Waals surface area (Å²) in [4.78, 5) is 25.3. The second-order valence-electron chi connectivity index (χ2n) is 4.95. The average Bonchev–Trinajstić information content (AvgIpc) is 2.46. The Balaban J connectivity index is 2.08. The first-order valence-corrected chi connectivity index (χ1v) is 8.68. The highest BCUT2D eigenvalue weighted by Crippen LogP contribution is 2.09. The number of thioether (sulfide) groups is 1. The van der Waals surface area contributed by atoms with Crippen LogP contribution in [0.4, 0.5) is 0 Å². The summed E-state index contributed by atoms with van der Waals surface area (Å²) in [5, 5.41) is 6.25. The number of hydrogen-bond donors (Lipinski definition) is 2. The van der Waals surface area contributed by atoms with Crippen molar-refractivity contribution in [3.8, 4) is 0 Å². The van der Waals surface area contributed by atoms with E-state index < -0.39 is 0 Å². The third-order valence-corrected chi connectivity index (χ3v) is 4.57. The van der Waals surface area contributed by atoms with E-state index in [2.05, 4.69) is 10.6 Å². The van der Waals surface area contributed by atoms with Gasteiger partial charge in [0, 0.05) is 56.6 Å².